The minimum absolute atomic E-state index is 0.0832. The Kier molecular flexibility index (Phi) is 4.32. The molecule has 0 saturated heterocycles. The molecule has 0 aliphatic rings. The fraction of sp³-hybridized carbons (Fsp3) is 0.150. The van der Waals surface area contributed by atoms with Gasteiger partial charge in [0.2, 0.25) is 0 Å². The third-order valence-corrected chi connectivity index (χ3v) is 4.83. The predicted molar refractivity (Wildman–Crippen MR) is 109 cm³/mol. The van der Waals surface area contributed by atoms with Gasteiger partial charge in [-0.15, -0.1) is 0 Å². The van der Waals surface area contributed by atoms with E-state index in [4.69, 9.17) is 5.73 Å². The zero-order chi connectivity index (χ0) is 20.7. The van der Waals surface area contributed by atoms with Gasteiger partial charge in [0.05, 0.1) is 36.7 Å². The standard InChI is InChI=1S/C20H17FN8O/c21-15-6-2-1-4-12(15)11-29-19-13(5-3-7-23-19)16(27-29)18-25-17(22)14-10-24-28(8-9-30)20(14)26-18/h1-7,10,30H,8-9,11H2,(H2,22,25,26). The van der Waals surface area contributed by atoms with Gasteiger partial charge in [-0.25, -0.2) is 28.7 Å². The normalized spacial score (nSPS) is 11.5. The molecule has 0 amide bonds. The van der Waals surface area contributed by atoms with Gasteiger partial charge in [-0.1, -0.05) is 18.2 Å². The van der Waals surface area contributed by atoms with Crippen molar-refractivity contribution in [2.75, 3.05) is 12.3 Å². The van der Waals surface area contributed by atoms with E-state index < -0.39 is 0 Å². The summed E-state index contributed by atoms with van der Waals surface area (Å²) in [5.41, 5.74) is 8.21. The van der Waals surface area contributed by atoms with E-state index in [2.05, 4.69) is 25.1 Å². The highest BCUT2D eigenvalue weighted by Crippen LogP contribution is 2.28. The SMILES string of the molecule is Nc1nc(-c2nn(Cc3ccccc3F)c3ncccc23)nc2c1cnn2CCO. The van der Waals surface area contributed by atoms with E-state index in [1.165, 1.54) is 6.07 Å². The van der Waals surface area contributed by atoms with E-state index >= 15 is 0 Å². The highest BCUT2D eigenvalue weighted by molar-refractivity contribution is 5.92. The van der Waals surface area contributed by atoms with Crippen LogP contribution in [0.1, 0.15) is 5.56 Å². The summed E-state index contributed by atoms with van der Waals surface area (Å²) in [4.78, 5) is 13.4. The Balaban J connectivity index is 1.68. The first-order valence-electron chi connectivity index (χ1n) is 9.31. The summed E-state index contributed by atoms with van der Waals surface area (Å²) in [6, 6.07) is 10.2. The van der Waals surface area contributed by atoms with Crippen LogP contribution >= 0.6 is 0 Å². The molecule has 150 valence electrons. The number of anilines is 1. The van der Waals surface area contributed by atoms with Crippen LogP contribution in [0.15, 0.2) is 48.8 Å². The number of nitrogen functional groups attached to an aromatic ring is 1. The molecule has 30 heavy (non-hydrogen) atoms. The second kappa shape index (κ2) is 7.16. The largest absolute Gasteiger partial charge is 0.394 e. The second-order valence-electron chi connectivity index (χ2n) is 6.73. The average Bonchev–Trinajstić information content (AvgIpc) is 3.32. The van der Waals surface area contributed by atoms with Gasteiger partial charge in [-0.3, -0.25) is 0 Å². The molecule has 3 N–H and O–H groups in total. The van der Waals surface area contributed by atoms with Crippen LogP contribution < -0.4 is 5.73 Å². The maximum absolute atomic E-state index is 14.2. The molecule has 10 heteroatoms. The van der Waals surface area contributed by atoms with Crippen molar-refractivity contribution in [3.63, 3.8) is 0 Å². The van der Waals surface area contributed by atoms with E-state index in [0.29, 0.717) is 33.8 Å². The molecule has 4 aromatic heterocycles. The van der Waals surface area contributed by atoms with Gasteiger partial charge in [-0.2, -0.15) is 10.2 Å². The molecule has 0 atom stereocenters. The molecule has 0 radical (unpaired) electrons. The van der Waals surface area contributed by atoms with E-state index in [-0.39, 0.29) is 31.3 Å². The maximum atomic E-state index is 14.2. The lowest BCUT2D eigenvalue weighted by atomic mass is 10.2. The predicted octanol–water partition coefficient (Wildman–Crippen LogP) is 2.00. The van der Waals surface area contributed by atoms with Crippen LogP contribution in [0.4, 0.5) is 10.2 Å². The highest BCUT2D eigenvalue weighted by Gasteiger charge is 2.19. The van der Waals surface area contributed by atoms with Crippen LogP contribution in [-0.2, 0) is 13.1 Å². The van der Waals surface area contributed by atoms with Crippen molar-refractivity contribution in [3.05, 3.63) is 60.2 Å². The Hall–Kier alpha value is -3.92. The monoisotopic (exact) mass is 404 g/mol. The fourth-order valence-electron chi connectivity index (χ4n) is 3.41. The number of fused-ring (bicyclic) bond motifs is 2. The molecule has 0 spiro atoms. The van der Waals surface area contributed by atoms with Crippen molar-refractivity contribution < 1.29 is 9.50 Å². The molecule has 9 nitrogen and oxygen atoms in total. The number of nitrogens with two attached hydrogens (primary N) is 1. The molecule has 0 fully saturated rings. The van der Waals surface area contributed by atoms with Crippen LogP contribution in [0.5, 0.6) is 0 Å². The smallest absolute Gasteiger partial charge is 0.184 e. The molecule has 4 heterocycles. The number of aliphatic hydroxyl groups is 1. The number of halogens is 1. The maximum Gasteiger partial charge on any atom is 0.184 e. The van der Waals surface area contributed by atoms with E-state index in [1.54, 1.807) is 46.0 Å². The number of benzene rings is 1. The lowest BCUT2D eigenvalue weighted by molar-refractivity contribution is 0.271. The minimum Gasteiger partial charge on any atom is -0.394 e. The van der Waals surface area contributed by atoms with Crippen molar-refractivity contribution >= 4 is 27.9 Å². The van der Waals surface area contributed by atoms with Crippen LogP contribution in [-0.4, -0.2) is 46.2 Å². The lowest BCUT2D eigenvalue weighted by Gasteiger charge is -2.04. The van der Waals surface area contributed by atoms with Gasteiger partial charge in [0.15, 0.2) is 17.1 Å². The number of pyridine rings is 1. The molecule has 0 saturated carbocycles. The number of hydrogen-bond acceptors (Lipinski definition) is 7. The number of nitrogens with zero attached hydrogens (tertiary/aromatic N) is 7. The summed E-state index contributed by atoms with van der Waals surface area (Å²) in [6.07, 6.45) is 3.22. The summed E-state index contributed by atoms with van der Waals surface area (Å²) in [5, 5.41) is 19.4. The molecule has 5 aromatic rings. The summed E-state index contributed by atoms with van der Waals surface area (Å²) < 4.78 is 17.4. The van der Waals surface area contributed by atoms with Crippen molar-refractivity contribution in [3.8, 4) is 11.5 Å². The first-order valence-corrected chi connectivity index (χ1v) is 9.31. The Morgan fingerprint density at radius 2 is 1.87 bits per heavy atom. The molecule has 0 bridgehead atoms. The number of rotatable bonds is 5. The fourth-order valence-corrected chi connectivity index (χ4v) is 3.41. The van der Waals surface area contributed by atoms with Gasteiger partial charge < -0.3 is 10.8 Å². The topological polar surface area (TPSA) is 121 Å². The molecule has 0 unspecified atom stereocenters. The van der Waals surface area contributed by atoms with Crippen LogP contribution in [0.25, 0.3) is 33.6 Å². The molecular formula is C20H17FN8O. The van der Waals surface area contributed by atoms with Gasteiger partial charge in [-0.05, 0) is 18.2 Å². The molecule has 0 aliphatic carbocycles. The highest BCUT2D eigenvalue weighted by atomic mass is 19.1. The third-order valence-electron chi connectivity index (χ3n) is 4.83. The van der Waals surface area contributed by atoms with Gasteiger partial charge >= 0.3 is 0 Å². The zero-order valence-corrected chi connectivity index (χ0v) is 15.8. The first kappa shape index (κ1) is 18.1. The van der Waals surface area contributed by atoms with Crippen molar-refractivity contribution in [1.29, 1.82) is 0 Å². The molecule has 1 aromatic carbocycles. The molecule has 5 rings (SSSR count). The summed E-state index contributed by atoms with van der Waals surface area (Å²) in [6.45, 7) is 0.407. The average molecular weight is 404 g/mol. The Bertz CT molecular complexity index is 1380. The third kappa shape index (κ3) is 2.94. The van der Waals surface area contributed by atoms with Gasteiger partial charge in [0, 0.05) is 11.8 Å². The van der Waals surface area contributed by atoms with Crippen LogP contribution in [0.2, 0.25) is 0 Å². The van der Waals surface area contributed by atoms with Crippen LogP contribution in [0, 0.1) is 5.82 Å². The number of aliphatic hydroxyl groups excluding tert-OH is 1. The van der Waals surface area contributed by atoms with E-state index in [9.17, 15) is 9.50 Å². The van der Waals surface area contributed by atoms with Gasteiger partial charge in [0.1, 0.15) is 17.3 Å². The summed E-state index contributed by atoms with van der Waals surface area (Å²) >= 11 is 0. The minimum atomic E-state index is -0.312. The van der Waals surface area contributed by atoms with Crippen LogP contribution in [0.3, 0.4) is 0 Å². The quantitative estimate of drug-likeness (QED) is 0.460. The van der Waals surface area contributed by atoms with E-state index in [0.717, 1.165) is 5.39 Å². The summed E-state index contributed by atoms with van der Waals surface area (Å²) in [7, 11) is 0. The second-order valence-corrected chi connectivity index (χ2v) is 6.73. The van der Waals surface area contributed by atoms with Gasteiger partial charge in [0.25, 0.3) is 0 Å². The molecule has 0 aliphatic heterocycles. The van der Waals surface area contributed by atoms with E-state index in [1.807, 2.05) is 6.07 Å². The number of hydrogen-bond donors (Lipinski definition) is 2. The van der Waals surface area contributed by atoms with Crippen molar-refractivity contribution in [1.82, 2.24) is 34.5 Å². The Morgan fingerprint density at radius 1 is 1.00 bits per heavy atom. The number of aromatic nitrogens is 7. The molecular weight excluding hydrogens is 387 g/mol. The van der Waals surface area contributed by atoms with Crippen molar-refractivity contribution in [2.24, 2.45) is 0 Å². The first-order chi connectivity index (χ1) is 14.7. The zero-order valence-electron chi connectivity index (χ0n) is 15.8. The Labute approximate surface area is 169 Å². The summed E-state index contributed by atoms with van der Waals surface area (Å²) in [5.74, 6) is 0.262. The van der Waals surface area contributed by atoms with Crippen molar-refractivity contribution in [2.45, 2.75) is 13.1 Å². The lowest BCUT2D eigenvalue weighted by Crippen LogP contribution is -2.07. The Morgan fingerprint density at radius 3 is 2.70 bits per heavy atom.